The zero-order chi connectivity index (χ0) is 26.6. The topological polar surface area (TPSA) is 58.1 Å². The van der Waals surface area contributed by atoms with Crippen molar-refractivity contribution in [1.29, 1.82) is 0 Å². The second kappa shape index (κ2) is 11.4. The summed E-state index contributed by atoms with van der Waals surface area (Å²) in [6, 6.07) is 9.98. The molecule has 1 saturated carbocycles. The number of hydrogen-bond acceptors (Lipinski definition) is 4. The quantitative estimate of drug-likeness (QED) is 0.352. The molecule has 1 aliphatic rings. The monoisotopic (exact) mass is 516 g/mol. The summed E-state index contributed by atoms with van der Waals surface area (Å²) in [5.74, 6) is 0.778. The predicted octanol–water partition coefficient (Wildman–Crippen LogP) is 6.41. The minimum absolute atomic E-state index is 0.203. The van der Waals surface area contributed by atoms with Crippen molar-refractivity contribution >= 4 is 22.6 Å². The number of nitrogens with one attached hydrogen (secondary N) is 1. The van der Waals surface area contributed by atoms with Crippen LogP contribution in [0.5, 0.6) is 0 Å². The number of rotatable bonds is 8. The SMILES string of the molecule is CN(C)c1nc(CCCC2CCC(CNC(=O)c3cc(F)ccc3C(F)(F)F)CC2)nc2ccccc12. The van der Waals surface area contributed by atoms with Crippen molar-refractivity contribution in [2.24, 2.45) is 11.8 Å². The van der Waals surface area contributed by atoms with E-state index in [2.05, 4.69) is 5.32 Å². The Balaban J connectivity index is 1.24. The molecule has 0 saturated heterocycles. The van der Waals surface area contributed by atoms with Crippen LogP contribution in [0.25, 0.3) is 10.9 Å². The second-order valence-corrected chi connectivity index (χ2v) is 10.1. The van der Waals surface area contributed by atoms with Crippen molar-refractivity contribution < 1.29 is 22.4 Å². The van der Waals surface area contributed by atoms with Crippen LogP contribution in [0.4, 0.5) is 23.4 Å². The standard InChI is InChI=1S/C28H32F4N4O/c1-36(2)26-21-7-3-4-8-24(21)34-25(35-26)9-5-6-18-10-12-19(13-11-18)17-33-27(37)22-16-20(29)14-15-23(22)28(30,31)32/h3-4,7-8,14-16,18-19H,5-6,9-13,17H2,1-2H3,(H,33,37). The predicted molar refractivity (Wildman–Crippen MR) is 136 cm³/mol. The molecule has 0 bridgehead atoms. The summed E-state index contributed by atoms with van der Waals surface area (Å²) < 4.78 is 53.1. The molecule has 1 aliphatic carbocycles. The average molecular weight is 517 g/mol. The number of halogens is 4. The number of nitrogens with zero attached hydrogens (tertiary/aromatic N) is 3. The fraction of sp³-hybridized carbons (Fsp3) is 0.464. The fourth-order valence-electron chi connectivity index (χ4n) is 5.12. The van der Waals surface area contributed by atoms with Gasteiger partial charge in [0.25, 0.3) is 5.91 Å². The van der Waals surface area contributed by atoms with E-state index in [0.29, 0.717) is 24.1 Å². The Kier molecular flexibility index (Phi) is 8.29. The zero-order valence-corrected chi connectivity index (χ0v) is 21.1. The van der Waals surface area contributed by atoms with Crippen LogP contribution >= 0.6 is 0 Å². The molecule has 1 amide bonds. The molecule has 1 N–H and O–H groups in total. The zero-order valence-electron chi connectivity index (χ0n) is 21.1. The molecule has 37 heavy (non-hydrogen) atoms. The minimum Gasteiger partial charge on any atom is -0.362 e. The van der Waals surface area contributed by atoms with E-state index in [9.17, 15) is 22.4 Å². The second-order valence-electron chi connectivity index (χ2n) is 10.1. The smallest absolute Gasteiger partial charge is 0.362 e. The maximum Gasteiger partial charge on any atom is 0.417 e. The van der Waals surface area contributed by atoms with Crippen LogP contribution in [-0.2, 0) is 12.6 Å². The van der Waals surface area contributed by atoms with Gasteiger partial charge in [0.1, 0.15) is 17.5 Å². The van der Waals surface area contributed by atoms with Crippen molar-refractivity contribution in [1.82, 2.24) is 15.3 Å². The lowest BCUT2D eigenvalue weighted by Gasteiger charge is -2.28. The Labute approximate surface area is 214 Å². The van der Waals surface area contributed by atoms with Crippen molar-refractivity contribution in [3.63, 3.8) is 0 Å². The third-order valence-corrected chi connectivity index (χ3v) is 7.12. The van der Waals surface area contributed by atoms with E-state index in [4.69, 9.17) is 9.97 Å². The van der Waals surface area contributed by atoms with Gasteiger partial charge >= 0.3 is 6.18 Å². The fourth-order valence-corrected chi connectivity index (χ4v) is 5.12. The highest BCUT2D eigenvalue weighted by atomic mass is 19.4. The van der Waals surface area contributed by atoms with Crippen molar-refractivity contribution in [3.8, 4) is 0 Å². The number of amides is 1. The number of anilines is 1. The Morgan fingerprint density at radius 3 is 2.43 bits per heavy atom. The van der Waals surface area contributed by atoms with Gasteiger partial charge in [-0.25, -0.2) is 14.4 Å². The number of aryl methyl sites for hydroxylation is 1. The molecule has 5 nitrogen and oxygen atoms in total. The summed E-state index contributed by atoms with van der Waals surface area (Å²) in [5.41, 5.74) is -0.850. The Bertz CT molecular complexity index is 1240. The van der Waals surface area contributed by atoms with E-state index in [1.807, 2.05) is 43.3 Å². The molecule has 0 aliphatic heterocycles. The summed E-state index contributed by atoms with van der Waals surface area (Å²) in [6.45, 7) is 0.289. The molecule has 3 aromatic rings. The van der Waals surface area contributed by atoms with E-state index in [0.717, 1.165) is 67.5 Å². The summed E-state index contributed by atoms with van der Waals surface area (Å²) in [4.78, 5) is 23.9. The average Bonchev–Trinajstić information content (AvgIpc) is 2.86. The Morgan fingerprint density at radius 1 is 1.03 bits per heavy atom. The molecule has 0 radical (unpaired) electrons. The highest BCUT2D eigenvalue weighted by molar-refractivity contribution is 5.96. The van der Waals surface area contributed by atoms with Crippen LogP contribution in [0.15, 0.2) is 42.5 Å². The van der Waals surface area contributed by atoms with E-state index in [1.54, 1.807) is 0 Å². The van der Waals surface area contributed by atoms with Crippen LogP contribution in [0.2, 0.25) is 0 Å². The van der Waals surface area contributed by atoms with Crippen molar-refractivity contribution in [2.75, 3.05) is 25.5 Å². The van der Waals surface area contributed by atoms with Gasteiger partial charge in [-0.05, 0) is 61.4 Å². The Hall–Kier alpha value is -3.23. The first kappa shape index (κ1) is 26.8. The van der Waals surface area contributed by atoms with Gasteiger partial charge in [0.15, 0.2) is 0 Å². The first-order valence-corrected chi connectivity index (χ1v) is 12.7. The number of para-hydroxylation sites is 1. The molecule has 0 unspecified atom stereocenters. The molecule has 198 valence electrons. The number of alkyl halides is 3. The molecular formula is C28H32F4N4O. The first-order chi connectivity index (χ1) is 17.6. The summed E-state index contributed by atoms with van der Waals surface area (Å²) in [6.07, 6.45) is 1.95. The van der Waals surface area contributed by atoms with Crippen LogP contribution in [0, 0.1) is 17.7 Å². The van der Waals surface area contributed by atoms with Crippen molar-refractivity contribution in [3.05, 3.63) is 65.2 Å². The van der Waals surface area contributed by atoms with Gasteiger partial charge in [0.05, 0.1) is 16.6 Å². The molecule has 1 fully saturated rings. The van der Waals surface area contributed by atoms with Gasteiger partial charge < -0.3 is 10.2 Å². The van der Waals surface area contributed by atoms with E-state index in [-0.39, 0.29) is 12.5 Å². The number of hydrogen-bond donors (Lipinski definition) is 1. The molecule has 2 aromatic carbocycles. The lowest BCUT2D eigenvalue weighted by atomic mass is 9.79. The lowest BCUT2D eigenvalue weighted by molar-refractivity contribution is -0.138. The molecule has 0 spiro atoms. The Morgan fingerprint density at radius 2 is 1.73 bits per heavy atom. The first-order valence-electron chi connectivity index (χ1n) is 12.7. The summed E-state index contributed by atoms with van der Waals surface area (Å²) >= 11 is 0. The number of aromatic nitrogens is 2. The highest BCUT2D eigenvalue weighted by Gasteiger charge is 2.35. The van der Waals surface area contributed by atoms with Gasteiger partial charge in [0, 0.05) is 32.4 Å². The van der Waals surface area contributed by atoms with Gasteiger partial charge in [-0.15, -0.1) is 0 Å². The van der Waals surface area contributed by atoms with E-state index < -0.39 is 29.0 Å². The largest absolute Gasteiger partial charge is 0.417 e. The molecule has 1 heterocycles. The highest BCUT2D eigenvalue weighted by Crippen LogP contribution is 2.34. The van der Waals surface area contributed by atoms with Crippen LogP contribution < -0.4 is 10.2 Å². The summed E-state index contributed by atoms with van der Waals surface area (Å²) in [5, 5.41) is 3.63. The number of carbonyl (C=O) groups excluding carboxylic acids is 1. The molecular weight excluding hydrogens is 484 g/mol. The van der Waals surface area contributed by atoms with E-state index >= 15 is 0 Å². The third-order valence-electron chi connectivity index (χ3n) is 7.12. The molecule has 9 heteroatoms. The van der Waals surface area contributed by atoms with Crippen LogP contribution in [-0.4, -0.2) is 36.5 Å². The molecule has 0 atom stereocenters. The minimum atomic E-state index is -4.72. The number of benzene rings is 2. The maximum atomic E-state index is 13.5. The van der Waals surface area contributed by atoms with Crippen LogP contribution in [0.1, 0.15) is 60.3 Å². The van der Waals surface area contributed by atoms with Crippen LogP contribution in [0.3, 0.4) is 0 Å². The van der Waals surface area contributed by atoms with E-state index in [1.165, 1.54) is 0 Å². The maximum absolute atomic E-state index is 13.5. The van der Waals surface area contributed by atoms with Gasteiger partial charge in [-0.3, -0.25) is 4.79 Å². The normalized spacial score (nSPS) is 18.1. The van der Waals surface area contributed by atoms with Crippen molar-refractivity contribution in [2.45, 2.75) is 51.1 Å². The molecule has 4 rings (SSSR count). The molecule has 1 aromatic heterocycles. The van der Waals surface area contributed by atoms with Gasteiger partial charge in [0.2, 0.25) is 0 Å². The number of carbonyl (C=O) groups is 1. The van der Waals surface area contributed by atoms with Gasteiger partial charge in [-0.1, -0.05) is 31.4 Å². The van der Waals surface area contributed by atoms with Gasteiger partial charge in [-0.2, -0.15) is 13.2 Å². The third kappa shape index (κ3) is 6.76. The summed E-state index contributed by atoms with van der Waals surface area (Å²) in [7, 11) is 3.96. The number of fused-ring (bicyclic) bond motifs is 1. The lowest BCUT2D eigenvalue weighted by Crippen LogP contribution is -2.32.